The maximum absolute atomic E-state index is 12.9. The summed E-state index contributed by atoms with van der Waals surface area (Å²) >= 11 is 0. The van der Waals surface area contributed by atoms with Crippen molar-refractivity contribution in [2.24, 2.45) is 5.73 Å². The van der Waals surface area contributed by atoms with Gasteiger partial charge in [-0.15, -0.1) is 0 Å². The number of hydrogen-bond acceptors (Lipinski definition) is 4. The molecule has 1 atom stereocenters. The fraction of sp³-hybridized carbons (Fsp3) is 0.400. The lowest BCUT2D eigenvalue weighted by molar-refractivity contribution is 0.316. The normalized spacial score (nSPS) is 20.8. The van der Waals surface area contributed by atoms with Gasteiger partial charge in [0, 0.05) is 42.3 Å². The minimum atomic E-state index is -3.52. The van der Waals surface area contributed by atoms with Crippen LogP contribution in [0.25, 0.3) is 10.8 Å². The van der Waals surface area contributed by atoms with E-state index in [0.29, 0.717) is 18.0 Å². The van der Waals surface area contributed by atoms with Gasteiger partial charge in [-0.1, -0.05) is 12.1 Å². The first-order valence-corrected chi connectivity index (χ1v) is 8.53. The molecule has 0 spiro atoms. The molecule has 1 aromatic carbocycles. The highest BCUT2D eigenvalue weighted by Crippen LogP contribution is 2.29. The van der Waals surface area contributed by atoms with Crippen LogP contribution < -0.4 is 5.73 Å². The van der Waals surface area contributed by atoms with Gasteiger partial charge in [-0.05, 0) is 31.4 Å². The number of piperidine rings is 1. The highest BCUT2D eigenvalue weighted by Gasteiger charge is 2.30. The summed E-state index contributed by atoms with van der Waals surface area (Å²) in [6.07, 6.45) is 5.09. The second-order valence-electron chi connectivity index (χ2n) is 5.58. The Labute approximate surface area is 124 Å². The van der Waals surface area contributed by atoms with E-state index >= 15 is 0 Å². The van der Waals surface area contributed by atoms with Crippen molar-refractivity contribution in [1.29, 1.82) is 0 Å². The van der Waals surface area contributed by atoms with Gasteiger partial charge in [-0.2, -0.15) is 4.31 Å². The average molecular weight is 305 g/mol. The van der Waals surface area contributed by atoms with Gasteiger partial charge in [0.1, 0.15) is 0 Å². The van der Waals surface area contributed by atoms with Gasteiger partial charge in [0.15, 0.2) is 0 Å². The number of pyridine rings is 1. The molecule has 2 heterocycles. The molecule has 5 nitrogen and oxygen atoms in total. The van der Waals surface area contributed by atoms with Crippen molar-refractivity contribution in [2.45, 2.75) is 30.7 Å². The van der Waals surface area contributed by atoms with E-state index in [1.165, 1.54) is 4.31 Å². The Morgan fingerprint density at radius 1 is 1.33 bits per heavy atom. The van der Waals surface area contributed by atoms with E-state index in [9.17, 15) is 8.42 Å². The molecule has 1 fully saturated rings. The number of fused-ring (bicyclic) bond motifs is 1. The van der Waals surface area contributed by atoms with Gasteiger partial charge in [0.05, 0.1) is 4.90 Å². The zero-order chi connectivity index (χ0) is 15.0. The number of aryl methyl sites for hydroxylation is 1. The quantitative estimate of drug-likeness (QED) is 0.915. The molecule has 112 valence electrons. The lowest BCUT2D eigenvalue weighted by Gasteiger charge is -2.30. The molecule has 2 aromatic rings. The summed E-state index contributed by atoms with van der Waals surface area (Å²) in [5.41, 5.74) is 6.79. The van der Waals surface area contributed by atoms with Crippen LogP contribution in [0.15, 0.2) is 35.5 Å². The largest absolute Gasteiger partial charge is 0.327 e. The van der Waals surface area contributed by atoms with E-state index in [-0.39, 0.29) is 6.04 Å². The Morgan fingerprint density at radius 2 is 2.14 bits per heavy atom. The van der Waals surface area contributed by atoms with Crippen LogP contribution in [0, 0.1) is 6.92 Å². The highest BCUT2D eigenvalue weighted by molar-refractivity contribution is 7.89. The zero-order valence-corrected chi connectivity index (χ0v) is 12.8. The second kappa shape index (κ2) is 5.36. The fourth-order valence-electron chi connectivity index (χ4n) is 2.92. The van der Waals surface area contributed by atoms with E-state index in [1.807, 2.05) is 13.0 Å². The third-order valence-corrected chi connectivity index (χ3v) is 5.88. The number of rotatable bonds is 2. The molecular weight excluding hydrogens is 286 g/mol. The van der Waals surface area contributed by atoms with Crippen LogP contribution in [-0.4, -0.2) is 36.8 Å². The molecule has 3 rings (SSSR count). The van der Waals surface area contributed by atoms with Crippen LogP contribution in [-0.2, 0) is 10.0 Å². The summed E-state index contributed by atoms with van der Waals surface area (Å²) < 4.78 is 27.4. The summed E-state index contributed by atoms with van der Waals surface area (Å²) in [7, 11) is -3.52. The molecule has 6 heteroatoms. The maximum atomic E-state index is 12.9. The fourth-order valence-corrected chi connectivity index (χ4v) is 4.74. The molecule has 0 amide bonds. The first kappa shape index (κ1) is 14.4. The maximum Gasteiger partial charge on any atom is 0.243 e. The van der Waals surface area contributed by atoms with Crippen LogP contribution in [0.4, 0.5) is 0 Å². The van der Waals surface area contributed by atoms with Crippen LogP contribution >= 0.6 is 0 Å². The van der Waals surface area contributed by atoms with Crippen molar-refractivity contribution in [3.8, 4) is 0 Å². The number of nitrogens with two attached hydrogens (primary N) is 1. The summed E-state index contributed by atoms with van der Waals surface area (Å²) in [4.78, 5) is 4.49. The summed E-state index contributed by atoms with van der Waals surface area (Å²) in [6, 6.07) is 5.24. The lowest BCUT2D eigenvalue weighted by atomic mass is 10.1. The molecule has 1 aliphatic heterocycles. The number of sulfonamides is 1. The number of nitrogens with zero attached hydrogens (tertiary/aromatic N) is 2. The van der Waals surface area contributed by atoms with Crippen LogP contribution in [0.5, 0.6) is 0 Å². The third-order valence-electron chi connectivity index (χ3n) is 3.97. The van der Waals surface area contributed by atoms with E-state index in [2.05, 4.69) is 4.98 Å². The van der Waals surface area contributed by atoms with Crippen LogP contribution in [0.1, 0.15) is 18.4 Å². The molecule has 0 aliphatic carbocycles. The van der Waals surface area contributed by atoms with Crippen molar-refractivity contribution in [1.82, 2.24) is 9.29 Å². The summed E-state index contributed by atoms with van der Waals surface area (Å²) in [5.74, 6) is 0. The van der Waals surface area contributed by atoms with E-state index in [1.54, 1.807) is 24.5 Å². The summed E-state index contributed by atoms with van der Waals surface area (Å²) in [5, 5.41) is 1.60. The Bertz CT molecular complexity index is 768. The predicted octanol–water partition coefficient (Wildman–Crippen LogP) is 1.66. The third kappa shape index (κ3) is 2.54. The van der Waals surface area contributed by atoms with Gasteiger partial charge in [0.2, 0.25) is 10.0 Å². The lowest BCUT2D eigenvalue weighted by Crippen LogP contribution is -2.45. The minimum Gasteiger partial charge on any atom is -0.327 e. The van der Waals surface area contributed by atoms with Gasteiger partial charge in [0.25, 0.3) is 0 Å². The predicted molar refractivity (Wildman–Crippen MR) is 82.4 cm³/mol. The second-order valence-corrected chi connectivity index (χ2v) is 7.48. The Hall–Kier alpha value is -1.50. The van der Waals surface area contributed by atoms with Crippen molar-refractivity contribution in [2.75, 3.05) is 13.1 Å². The van der Waals surface area contributed by atoms with Crippen LogP contribution in [0.2, 0.25) is 0 Å². The molecule has 0 saturated carbocycles. The number of hydrogen-bond donors (Lipinski definition) is 1. The Balaban J connectivity index is 2.15. The van der Waals surface area contributed by atoms with Crippen molar-refractivity contribution >= 4 is 20.8 Å². The molecule has 1 saturated heterocycles. The zero-order valence-electron chi connectivity index (χ0n) is 12.0. The first-order valence-electron chi connectivity index (χ1n) is 7.09. The molecule has 1 aliphatic rings. The van der Waals surface area contributed by atoms with E-state index < -0.39 is 10.0 Å². The van der Waals surface area contributed by atoms with Crippen molar-refractivity contribution < 1.29 is 8.42 Å². The molecule has 21 heavy (non-hydrogen) atoms. The van der Waals surface area contributed by atoms with Crippen LogP contribution in [0.3, 0.4) is 0 Å². The van der Waals surface area contributed by atoms with Gasteiger partial charge >= 0.3 is 0 Å². The van der Waals surface area contributed by atoms with Crippen molar-refractivity contribution in [3.05, 3.63) is 36.2 Å². The molecule has 1 aromatic heterocycles. The molecule has 2 N–H and O–H groups in total. The number of benzene rings is 1. The van der Waals surface area contributed by atoms with Gasteiger partial charge in [-0.3, -0.25) is 4.98 Å². The smallest absolute Gasteiger partial charge is 0.243 e. The number of aromatic nitrogens is 1. The molecular formula is C15H19N3O2S. The molecule has 0 unspecified atom stereocenters. The standard InChI is InChI=1S/C15H19N3O2S/c1-11-8-17-9-12-4-2-6-14(15(11)12)21(19,20)18-7-3-5-13(16)10-18/h2,4,6,8-9,13H,3,5,7,10,16H2,1H3/t13-/m1/s1. The molecule has 0 radical (unpaired) electrons. The Kier molecular flexibility index (Phi) is 3.69. The minimum absolute atomic E-state index is 0.0775. The van der Waals surface area contributed by atoms with Gasteiger partial charge < -0.3 is 5.73 Å². The SMILES string of the molecule is Cc1cncc2cccc(S(=O)(=O)N3CCC[C@@H](N)C3)c12. The first-order chi connectivity index (χ1) is 10.00. The highest BCUT2D eigenvalue weighted by atomic mass is 32.2. The van der Waals surface area contributed by atoms with Gasteiger partial charge in [-0.25, -0.2) is 8.42 Å². The summed E-state index contributed by atoms with van der Waals surface area (Å²) in [6.45, 7) is 2.82. The monoisotopic (exact) mass is 305 g/mol. The average Bonchev–Trinajstić information content (AvgIpc) is 2.47. The van der Waals surface area contributed by atoms with E-state index in [0.717, 1.165) is 29.2 Å². The molecule has 0 bridgehead atoms. The topological polar surface area (TPSA) is 76.3 Å². The van der Waals surface area contributed by atoms with Crippen molar-refractivity contribution in [3.63, 3.8) is 0 Å². The van der Waals surface area contributed by atoms with E-state index in [4.69, 9.17) is 5.73 Å². The Morgan fingerprint density at radius 3 is 2.90 bits per heavy atom.